The fourth-order valence-corrected chi connectivity index (χ4v) is 2.57. The van der Waals surface area contributed by atoms with Crippen molar-refractivity contribution in [3.63, 3.8) is 0 Å². The Labute approximate surface area is 94.6 Å². The first-order valence-electron chi connectivity index (χ1n) is 5.67. The maximum atomic E-state index is 11.6. The fourth-order valence-electron chi connectivity index (χ4n) is 1.39. The van der Waals surface area contributed by atoms with Crippen LogP contribution in [0.25, 0.3) is 0 Å². The topological polar surface area (TPSA) is 46.2 Å². The van der Waals surface area contributed by atoms with Gasteiger partial charge in [-0.25, -0.2) is 8.42 Å². The van der Waals surface area contributed by atoms with Crippen LogP contribution < -0.4 is 5.32 Å². The Morgan fingerprint density at radius 1 is 1.07 bits per heavy atom. The van der Waals surface area contributed by atoms with Gasteiger partial charge in [-0.1, -0.05) is 13.8 Å². The van der Waals surface area contributed by atoms with Gasteiger partial charge in [-0.15, -0.1) is 0 Å². The Morgan fingerprint density at radius 2 is 1.60 bits per heavy atom. The van der Waals surface area contributed by atoms with Crippen LogP contribution in [0.15, 0.2) is 0 Å². The van der Waals surface area contributed by atoms with Crippen LogP contribution >= 0.6 is 0 Å². The molecule has 3 nitrogen and oxygen atoms in total. The van der Waals surface area contributed by atoms with Crippen LogP contribution in [0.5, 0.6) is 0 Å². The second-order valence-electron chi connectivity index (χ2n) is 4.72. The van der Waals surface area contributed by atoms with Gasteiger partial charge in [0.05, 0.1) is 11.0 Å². The number of rotatable bonds is 7. The molecule has 0 aromatic carbocycles. The van der Waals surface area contributed by atoms with E-state index >= 15 is 0 Å². The lowest BCUT2D eigenvalue weighted by molar-refractivity contribution is 0.367. The van der Waals surface area contributed by atoms with Gasteiger partial charge in [0.25, 0.3) is 0 Å². The van der Waals surface area contributed by atoms with Crippen LogP contribution in [0.2, 0.25) is 0 Å². The first-order chi connectivity index (χ1) is 6.81. The van der Waals surface area contributed by atoms with E-state index in [9.17, 15) is 8.42 Å². The summed E-state index contributed by atoms with van der Waals surface area (Å²) in [4.78, 5) is 0. The number of sulfone groups is 1. The van der Waals surface area contributed by atoms with Gasteiger partial charge in [0.15, 0.2) is 9.84 Å². The first kappa shape index (κ1) is 14.9. The molecule has 4 heteroatoms. The van der Waals surface area contributed by atoms with Crippen molar-refractivity contribution in [2.45, 2.75) is 39.4 Å². The van der Waals surface area contributed by atoms with Crippen molar-refractivity contribution in [3.05, 3.63) is 0 Å². The maximum absolute atomic E-state index is 11.6. The minimum atomic E-state index is -2.86. The zero-order valence-electron chi connectivity index (χ0n) is 10.6. The maximum Gasteiger partial charge on any atom is 0.152 e. The molecule has 92 valence electrons. The van der Waals surface area contributed by atoms with Crippen molar-refractivity contribution < 1.29 is 8.42 Å². The highest BCUT2D eigenvalue weighted by molar-refractivity contribution is 7.91. The molecule has 0 amide bonds. The largest absolute Gasteiger partial charge is 0.319 e. The van der Waals surface area contributed by atoms with E-state index in [4.69, 9.17) is 0 Å². The van der Waals surface area contributed by atoms with E-state index in [1.54, 1.807) is 13.8 Å². The van der Waals surface area contributed by atoms with Crippen molar-refractivity contribution >= 4 is 9.84 Å². The predicted molar refractivity (Wildman–Crippen MR) is 65.8 cm³/mol. The Hall–Kier alpha value is -0.0900. The van der Waals surface area contributed by atoms with E-state index < -0.39 is 9.84 Å². The van der Waals surface area contributed by atoms with Crippen molar-refractivity contribution in [1.29, 1.82) is 0 Å². The molecule has 0 aliphatic heterocycles. The van der Waals surface area contributed by atoms with Gasteiger partial charge in [-0.3, -0.25) is 0 Å². The molecule has 0 saturated carbocycles. The smallest absolute Gasteiger partial charge is 0.152 e. The molecular formula is C11H25NO2S. The molecule has 15 heavy (non-hydrogen) atoms. The van der Waals surface area contributed by atoms with Crippen molar-refractivity contribution in [2.24, 2.45) is 11.8 Å². The Balaban J connectivity index is 4.06. The summed E-state index contributed by atoms with van der Waals surface area (Å²) in [5.41, 5.74) is 0. The van der Waals surface area contributed by atoms with Crippen molar-refractivity contribution in [2.75, 3.05) is 19.3 Å². The van der Waals surface area contributed by atoms with E-state index in [0.717, 1.165) is 13.0 Å². The molecule has 2 atom stereocenters. The summed E-state index contributed by atoms with van der Waals surface area (Å²) in [5.74, 6) is 1.29. The Kier molecular flexibility index (Phi) is 6.44. The molecule has 1 N–H and O–H groups in total. The minimum absolute atomic E-state index is 0.246. The first-order valence-corrected chi connectivity index (χ1v) is 7.39. The second kappa shape index (κ2) is 6.48. The van der Waals surface area contributed by atoms with Gasteiger partial charge in [0, 0.05) is 0 Å². The van der Waals surface area contributed by atoms with Crippen LogP contribution in [0.4, 0.5) is 0 Å². The molecule has 0 aliphatic carbocycles. The van der Waals surface area contributed by atoms with Gasteiger partial charge >= 0.3 is 0 Å². The molecule has 0 aromatic rings. The van der Waals surface area contributed by atoms with E-state index in [-0.39, 0.29) is 5.25 Å². The van der Waals surface area contributed by atoms with Gasteiger partial charge in [0.2, 0.25) is 0 Å². The number of nitrogens with one attached hydrogen (secondary N) is 1. The second-order valence-corrected chi connectivity index (χ2v) is 7.39. The fraction of sp³-hybridized carbons (Fsp3) is 1.00. The average molecular weight is 235 g/mol. The van der Waals surface area contributed by atoms with Crippen molar-refractivity contribution in [3.8, 4) is 0 Å². The third kappa shape index (κ3) is 5.52. The normalized spacial score (nSPS) is 16.7. The van der Waals surface area contributed by atoms with Gasteiger partial charge in [-0.05, 0) is 45.7 Å². The molecular weight excluding hydrogens is 210 g/mol. The Bertz CT molecular complexity index is 260. The zero-order chi connectivity index (χ0) is 12.1. The zero-order valence-corrected chi connectivity index (χ0v) is 11.4. The summed E-state index contributed by atoms with van der Waals surface area (Å²) in [7, 11) is -0.937. The molecule has 0 bridgehead atoms. The van der Waals surface area contributed by atoms with Gasteiger partial charge < -0.3 is 5.32 Å². The third-order valence-corrected chi connectivity index (χ3v) is 5.31. The van der Waals surface area contributed by atoms with Crippen molar-refractivity contribution in [1.82, 2.24) is 5.32 Å². The van der Waals surface area contributed by atoms with Crippen LogP contribution in [0, 0.1) is 11.8 Å². The highest BCUT2D eigenvalue weighted by Gasteiger charge is 2.19. The summed E-state index contributed by atoms with van der Waals surface area (Å²) in [6.07, 6.45) is 0.767. The lowest BCUT2D eigenvalue weighted by Crippen LogP contribution is -2.25. The SMILES string of the molecule is CNCC(C)C(C)CCS(=O)(=O)C(C)C. The molecule has 0 rings (SSSR count). The molecule has 0 spiro atoms. The summed E-state index contributed by atoms with van der Waals surface area (Å²) >= 11 is 0. The molecule has 0 radical (unpaired) electrons. The van der Waals surface area contributed by atoms with E-state index in [1.807, 2.05) is 7.05 Å². The molecule has 0 aliphatic rings. The minimum Gasteiger partial charge on any atom is -0.319 e. The summed E-state index contributed by atoms with van der Waals surface area (Å²) < 4.78 is 23.2. The molecule has 0 saturated heterocycles. The van der Waals surface area contributed by atoms with Gasteiger partial charge in [-0.2, -0.15) is 0 Å². The predicted octanol–water partition coefficient (Wildman–Crippen LogP) is 1.69. The van der Waals surface area contributed by atoms with Crippen LogP contribution in [-0.4, -0.2) is 33.0 Å². The van der Waals surface area contributed by atoms with Crippen LogP contribution in [0.1, 0.15) is 34.1 Å². The summed E-state index contributed by atoms with van der Waals surface area (Å²) in [6.45, 7) is 8.72. The molecule has 0 aromatic heterocycles. The van der Waals surface area contributed by atoms with Gasteiger partial charge in [0.1, 0.15) is 0 Å². The number of hydrogen-bond donors (Lipinski definition) is 1. The standard InChI is InChI=1S/C11H25NO2S/c1-9(2)15(13,14)7-6-10(3)11(4)8-12-5/h9-12H,6-8H2,1-5H3. The molecule has 2 unspecified atom stereocenters. The average Bonchev–Trinajstić information content (AvgIpc) is 2.14. The van der Waals surface area contributed by atoms with Crippen LogP contribution in [0.3, 0.4) is 0 Å². The lowest BCUT2D eigenvalue weighted by Gasteiger charge is -2.19. The van der Waals surface area contributed by atoms with Crippen LogP contribution in [-0.2, 0) is 9.84 Å². The lowest BCUT2D eigenvalue weighted by atomic mass is 9.94. The number of hydrogen-bond acceptors (Lipinski definition) is 3. The quantitative estimate of drug-likeness (QED) is 0.730. The monoisotopic (exact) mass is 235 g/mol. The summed E-state index contributed by atoms with van der Waals surface area (Å²) in [5, 5.41) is 2.87. The Morgan fingerprint density at radius 3 is 2.00 bits per heavy atom. The third-order valence-electron chi connectivity index (χ3n) is 3.07. The van der Waals surface area contributed by atoms with E-state index in [2.05, 4.69) is 19.2 Å². The molecule has 0 fully saturated rings. The molecule has 0 heterocycles. The van der Waals surface area contributed by atoms with E-state index in [0.29, 0.717) is 17.6 Å². The summed E-state index contributed by atoms with van der Waals surface area (Å²) in [6, 6.07) is 0. The highest BCUT2D eigenvalue weighted by atomic mass is 32.2. The van der Waals surface area contributed by atoms with E-state index in [1.165, 1.54) is 0 Å². The highest BCUT2D eigenvalue weighted by Crippen LogP contribution is 2.16.